The summed E-state index contributed by atoms with van der Waals surface area (Å²) in [7, 11) is 0. The van der Waals surface area contributed by atoms with Crippen LogP contribution >= 0.6 is 0 Å². The van der Waals surface area contributed by atoms with E-state index in [1.165, 1.54) is 13.0 Å². The molecular formula is C11H16O4. The predicted molar refractivity (Wildman–Crippen MR) is 56.2 cm³/mol. The number of carbonyl (C=O) groups excluding carboxylic acids is 2. The molecule has 0 rings (SSSR count). The van der Waals surface area contributed by atoms with E-state index in [1.807, 2.05) is 6.92 Å². The lowest BCUT2D eigenvalue weighted by Crippen LogP contribution is -2.26. The lowest BCUT2D eigenvalue weighted by molar-refractivity contribution is -0.143. The number of aliphatic hydroxyl groups excluding tert-OH is 1. The van der Waals surface area contributed by atoms with Crippen LogP contribution in [0.2, 0.25) is 0 Å². The van der Waals surface area contributed by atoms with Crippen LogP contribution in [0.1, 0.15) is 20.3 Å². The van der Waals surface area contributed by atoms with Crippen LogP contribution in [0.4, 0.5) is 0 Å². The van der Waals surface area contributed by atoms with Crippen LogP contribution in [0.3, 0.4) is 0 Å². The van der Waals surface area contributed by atoms with Crippen molar-refractivity contribution < 1.29 is 19.4 Å². The molecule has 0 aromatic heterocycles. The number of aliphatic hydroxyl groups is 1. The number of esters is 1. The first-order chi connectivity index (χ1) is 6.99. The van der Waals surface area contributed by atoms with E-state index >= 15 is 0 Å². The summed E-state index contributed by atoms with van der Waals surface area (Å²) >= 11 is 0. The van der Waals surface area contributed by atoms with E-state index in [4.69, 9.17) is 0 Å². The topological polar surface area (TPSA) is 63.6 Å². The largest absolute Gasteiger partial charge is 0.459 e. The summed E-state index contributed by atoms with van der Waals surface area (Å²) < 4.78 is 4.62. The predicted octanol–water partition coefficient (Wildman–Crippen LogP) is 1.00. The Morgan fingerprint density at radius 2 is 2.13 bits per heavy atom. The van der Waals surface area contributed by atoms with Gasteiger partial charge in [0.15, 0.2) is 11.9 Å². The summed E-state index contributed by atoms with van der Waals surface area (Å²) in [5.74, 6) is -1.08. The fourth-order valence-corrected chi connectivity index (χ4v) is 0.705. The molecule has 0 heterocycles. The monoisotopic (exact) mass is 212 g/mol. The van der Waals surface area contributed by atoms with Crippen LogP contribution in [-0.4, -0.2) is 29.6 Å². The van der Waals surface area contributed by atoms with E-state index in [0.717, 1.165) is 0 Å². The summed E-state index contributed by atoms with van der Waals surface area (Å²) in [5.41, 5.74) is 0.235. The summed E-state index contributed by atoms with van der Waals surface area (Å²) in [5, 5.41) is 9.27. The Labute approximate surface area is 89.2 Å². The normalized spacial score (nSPS) is 12.5. The number of ether oxygens (including phenoxy) is 1. The summed E-state index contributed by atoms with van der Waals surface area (Å²) in [6.45, 7) is 6.40. The Morgan fingerprint density at radius 3 is 2.60 bits per heavy atom. The van der Waals surface area contributed by atoms with E-state index in [9.17, 15) is 14.7 Å². The zero-order chi connectivity index (χ0) is 11.8. The van der Waals surface area contributed by atoms with E-state index in [-0.39, 0.29) is 12.2 Å². The summed E-state index contributed by atoms with van der Waals surface area (Å²) in [6, 6.07) is 0. The van der Waals surface area contributed by atoms with Crippen LogP contribution in [0.25, 0.3) is 0 Å². The van der Waals surface area contributed by atoms with Gasteiger partial charge in [0.25, 0.3) is 0 Å². The number of allylic oxidation sites excluding steroid dienone is 1. The van der Waals surface area contributed by atoms with Gasteiger partial charge < -0.3 is 9.84 Å². The minimum atomic E-state index is -1.30. The molecule has 0 bridgehead atoms. The molecule has 84 valence electrons. The fraction of sp³-hybridized carbons (Fsp3) is 0.455. The SMILES string of the molecule is C=C(C)C(=O)OCC(O)C(=O)C=CCC. The van der Waals surface area contributed by atoms with E-state index in [2.05, 4.69) is 11.3 Å². The zero-order valence-corrected chi connectivity index (χ0v) is 9.03. The van der Waals surface area contributed by atoms with Gasteiger partial charge in [-0.2, -0.15) is 0 Å². The average Bonchev–Trinajstić information content (AvgIpc) is 2.21. The molecule has 1 atom stereocenters. The van der Waals surface area contributed by atoms with Crippen molar-refractivity contribution in [2.24, 2.45) is 0 Å². The number of hydrogen-bond acceptors (Lipinski definition) is 4. The van der Waals surface area contributed by atoms with Gasteiger partial charge in [0.2, 0.25) is 0 Å². The van der Waals surface area contributed by atoms with Gasteiger partial charge in [0, 0.05) is 5.57 Å². The lowest BCUT2D eigenvalue weighted by Gasteiger charge is -2.07. The molecule has 0 aliphatic carbocycles. The Morgan fingerprint density at radius 1 is 1.53 bits per heavy atom. The van der Waals surface area contributed by atoms with Gasteiger partial charge in [-0.15, -0.1) is 0 Å². The third-order valence-electron chi connectivity index (χ3n) is 1.57. The number of carbonyl (C=O) groups is 2. The molecule has 0 saturated heterocycles. The molecule has 0 fully saturated rings. The minimum absolute atomic E-state index is 0.235. The second-order valence-corrected chi connectivity index (χ2v) is 3.11. The van der Waals surface area contributed by atoms with Crippen molar-refractivity contribution in [3.8, 4) is 0 Å². The standard InChI is InChI=1S/C11H16O4/c1-4-5-6-9(12)10(13)7-15-11(14)8(2)3/h5-6,10,13H,2,4,7H2,1,3H3. The summed E-state index contributed by atoms with van der Waals surface area (Å²) in [4.78, 5) is 22.1. The van der Waals surface area contributed by atoms with E-state index in [0.29, 0.717) is 6.42 Å². The zero-order valence-electron chi connectivity index (χ0n) is 9.03. The van der Waals surface area contributed by atoms with Gasteiger partial charge >= 0.3 is 5.97 Å². The van der Waals surface area contributed by atoms with Gasteiger partial charge in [-0.1, -0.05) is 19.6 Å². The summed E-state index contributed by atoms with van der Waals surface area (Å²) in [6.07, 6.45) is 2.33. The molecule has 0 saturated carbocycles. The van der Waals surface area contributed by atoms with Gasteiger partial charge in [-0.25, -0.2) is 4.79 Å². The maximum atomic E-state index is 11.1. The smallest absolute Gasteiger partial charge is 0.333 e. The van der Waals surface area contributed by atoms with Crippen LogP contribution in [0.5, 0.6) is 0 Å². The van der Waals surface area contributed by atoms with Gasteiger partial charge in [0.05, 0.1) is 0 Å². The molecule has 0 radical (unpaired) electrons. The van der Waals surface area contributed by atoms with Gasteiger partial charge in [0.1, 0.15) is 6.61 Å². The molecule has 0 aromatic carbocycles. The molecule has 0 aliphatic heterocycles. The van der Waals surface area contributed by atoms with Crippen molar-refractivity contribution in [1.82, 2.24) is 0 Å². The van der Waals surface area contributed by atoms with Crippen molar-refractivity contribution >= 4 is 11.8 Å². The van der Waals surface area contributed by atoms with Gasteiger partial charge in [-0.3, -0.25) is 4.79 Å². The van der Waals surface area contributed by atoms with Crippen LogP contribution in [0, 0.1) is 0 Å². The third kappa shape index (κ3) is 5.80. The first kappa shape index (κ1) is 13.6. The first-order valence-electron chi connectivity index (χ1n) is 4.70. The molecule has 0 spiro atoms. The molecule has 0 aliphatic rings. The Kier molecular flexibility index (Phi) is 6.29. The second-order valence-electron chi connectivity index (χ2n) is 3.11. The average molecular weight is 212 g/mol. The Hall–Kier alpha value is -1.42. The Balaban J connectivity index is 3.98. The lowest BCUT2D eigenvalue weighted by atomic mass is 10.2. The number of ketones is 1. The molecule has 4 nitrogen and oxygen atoms in total. The van der Waals surface area contributed by atoms with E-state index in [1.54, 1.807) is 6.08 Å². The van der Waals surface area contributed by atoms with Crippen molar-refractivity contribution in [2.75, 3.05) is 6.61 Å². The molecular weight excluding hydrogens is 196 g/mol. The second kappa shape index (κ2) is 6.95. The molecule has 0 amide bonds. The number of hydrogen-bond donors (Lipinski definition) is 1. The molecule has 0 aromatic rings. The number of rotatable bonds is 6. The van der Waals surface area contributed by atoms with E-state index < -0.39 is 17.9 Å². The maximum Gasteiger partial charge on any atom is 0.333 e. The van der Waals surface area contributed by atoms with Crippen molar-refractivity contribution in [2.45, 2.75) is 26.4 Å². The highest BCUT2D eigenvalue weighted by molar-refractivity contribution is 5.94. The molecule has 1 unspecified atom stereocenters. The van der Waals surface area contributed by atoms with Crippen LogP contribution in [-0.2, 0) is 14.3 Å². The van der Waals surface area contributed by atoms with Crippen molar-refractivity contribution in [1.29, 1.82) is 0 Å². The van der Waals surface area contributed by atoms with Crippen LogP contribution in [0.15, 0.2) is 24.3 Å². The molecule has 4 heteroatoms. The molecule has 1 N–H and O–H groups in total. The van der Waals surface area contributed by atoms with Crippen molar-refractivity contribution in [3.63, 3.8) is 0 Å². The first-order valence-corrected chi connectivity index (χ1v) is 4.70. The fourth-order valence-electron chi connectivity index (χ4n) is 0.705. The maximum absolute atomic E-state index is 11.1. The highest BCUT2D eigenvalue weighted by Gasteiger charge is 2.14. The van der Waals surface area contributed by atoms with Gasteiger partial charge in [-0.05, 0) is 19.4 Å². The molecule has 15 heavy (non-hydrogen) atoms. The highest BCUT2D eigenvalue weighted by atomic mass is 16.5. The quantitative estimate of drug-likeness (QED) is 0.527. The van der Waals surface area contributed by atoms with Crippen molar-refractivity contribution in [3.05, 3.63) is 24.3 Å². The third-order valence-corrected chi connectivity index (χ3v) is 1.57. The highest BCUT2D eigenvalue weighted by Crippen LogP contribution is 1.96. The van der Waals surface area contributed by atoms with Crippen LogP contribution < -0.4 is 0 Å². The Bertz CT molecular complexity index is 278. The minimum Gasteiger partial charge on any atom is -0.459 e.